The molecule has 0 bridgehead atoms. The molecule has 0 aromatic heterocycles. The van der Waals surface area contributed by atoms with E-state index in [2.05, 4.69) is 97.1 Å². The quantitative estimate of drug-likeness (QED) is 0.113. The molecule has 0 aliphatic heterocycles. The van der Waals surface area contributed by atoms with Crippen LogP contribution in [0, 0.1) is 0 Å². The van der Waals surface area contributed by atoms with E-state index < -0.39 is 0 Å². The second-order valence-corrected chi connectivity index (χ2v) is 10.1. The Labute approximate surface area is 209 Å². The fourth-order valence-electron chi connectivity index (χ4n) is 4.00. The van der Waals surface area contributed by atoms with Crippen LogP contribution in [0.4, 0.5) is 0 Å². The lowest BCUT2D eigenvalue weighted by atomic mass is 10.0. The molecule has 34 heavy (non-hydrogen) atoms. The van der Waals surface area contributed by atoms with Gasteiger partial charge in [-0.25, -0.2) is 0 Å². The van der Waals surface area contributed by atoms with E-state index in [0.717, 1.165) is 44.5 Å². The Hall–Kier alpha value is -3.08. The van der Waals surface area contributed by atoms with Gasteiger partial charge in [0.05, 0.1) is 13.2 Å². The zero-order chi connectivity index (χ0) is 23.0. The van der Waals surface area contributed by atoms with Gasteiger partial charge in [0.15, 0.2) is 0 Å². The Morgan fingerprint density at radius 1 is 0.412 bits per heavy atom. The molecule has 0 amide bonds. The van der Waals surface area contributed by atoms with Crippen LogP contribution in [0.1, 0.15) is 0 Å². The van der Waals surface area contributed by atoms with Gasteiger partial charge >= 0.3 is 0 Å². The summed E-state index contributed by atoms with van der Waals surface area (Å²) in [6, 6.07) is 37.7. The number of fused-ring (bicyclic) bond motifs is 2. The van der Waals surface area contributed by atoms with Gasteiger partial charge in [0.1, 0.15) is 11.5 Å². The maximum atomic E-state index is 6.41. The van der Waals surface area contributed by atoms with Crippen molar-refractivity contribution in [2.45, 2.75) is 9.79 Å². The molecule has 0 N–H and O–H groups in total. The van der Waals surface area contributed by atoms with Gasteiger partial charge in [0.2, 0.25) is 0 Å². The second kappa shape index (κ2) is 11.4. The molecule has 5 aromatic carbocycles. The first-order chi connectivity index (χ1) is 16.9. The number of benzene rings is 5. The predicted molar refractivity (Wildman–Crippen MR) is 147 cm³/mol. The van der Waals surface area contributed by atoms with Crippen molar-refractivity contribution in [2.75, 3.05) is 24.7 Å². The molecule has 0 unspecified atom stereocenters. The van der Waals surface area contributed by atoms with Crippen molar-refractivity contribution in [3.8, 4) is 11.5 Å². The third-order valence-electron chi connectivity index (χ3n) is 5.52. The molecular weight excluding hydrogens is 456 g/mol. The molecule has 4 heteroatoms. The van der Waals surface area contributed by atoms with Crippen molar-refractivity contribution in [1.29, 1.82) is 0 Å². The number of thioether (sulfide) groups is 2. The lowest BCUT2D eigenvalue weighted by Crippen LogP contribution is -2.04. The maximum absolute atomic E-state index is 6.41. The molecule has 0 radical (unpaired) electrons. The molecule has 0 fully saturated rings. The number of rotatable bonds is 10. The number of ether oxygens (including phenoxy) is 2. The van der Waals surface area contributed by atoms with Crippen LogP contribution in [0.15, 0.2) is 119 Å². The third-order valence-corrected chi connectivity index (χ3v) is 7.47. The maximum Gasteiger partial charge on any atom is 0.135 e. The summed E-state index contributed by atoms with van der Waals surface area (Å²) in [7, 11) is 0. The second-order valence-electron chi connectivity index (χ2n) is 7.77. The van der Waals surface area contributed by atoms with Crippen LogP contribution >= 0.6 is 23.5 Å². The normalized spacial score (nSPS) is 11.1. The van der Waals surface area contributed by atoms with Crippen molar-refractivity contribution in [3.05, 3.63) is 109 Å². The fourth-order valence-corrected chi connectivity index (χ4v) is 5.50. The molecule has 170 valence electrons. The van der Waals surface area contributed by atoms with E-state index in [1.54, 1.807) is 0 Å². The first kappa shape index (κ1) is 22.7. The van der Waals surface area contributed by atoms with Gasteiger partial charge in [-0.15, -0.1) is 23.5 Å². The van der Waals surface area contributed by atoms with E-state index in [9.17, 15) is 0 Å². The lowest BCUT2D eigenvalue weighted by molar-refractivity contribution is 0.346. The number of hydrogen-bond acceptors (Lipinski definition) is 4. The molecule has 0 aliphatic carbocycles. The Morgan fingerprint density at radius 2 is 0.735 bits per heavy atom. The summed E-state index contributed by atoms with van der Waals surface area (Å²) in [5, 5.41) is 4.38. The fraction of sp³-hybridized carbons (Fsp3) is 0.133. The summed E-state index contributed by atoms with van der Waals surface area (Å²) in [4.78, 5) is 2.52. The molecular formula is C30H26O2S2. The molecule has 5 aromatic rings. The van der Waals surface area contributed by atoms with Gasteiger partial charge in [0.25, 0.3) is 0 Å². The van der Waals surface area contributed by atoms with Crippen LogP contribution in [0.25, 0.3) is 21.5 Å². The van der Waals surface area contributed by atoms with E-state index in [1.807, 2.05) is 35.7 Å². The van der Waals surface area contributed by atoms with Gasteiger partial charge in [-0.1, -0.05) is 84.9 Å². The standard InChI is InChI=1S/C30H26O2S2/c1-3-11-23(12-4-1)33-21-19-31-29-25-15-7-9-17-27(25)30(28-18-10-8-16-26(28)29)32-20-22-34-24-13-5-2-6-14-24/h1-18H,19-22H2. The van der Waals surface area contributed by atoms with Gasteiger partial charge in [-0.3, -0.25) is 0 Å². The van der Waals surface area contributed by atoms with Crippen LogP contribution in [-0.2, 0) is 0 Å². The Morgan fingerprint density at radius 3 is 1.09 bits per heavy atom. The largest absolute Gasteiger partial charge is 0.491 e. The molecule has 0 aliphatic rings. The average Bonchev–Trinajstić information content (AvgIpc) is 2.90. The smallest absolute Gasteiger partial charge is 0.135 e. The predicted octanol–water partition coefficient (Wildman–Crippen LogP) is 8.34. The van der Waals surface area contributed by atoms with E-state index in [0.29, 0.717) is 13.2 Å². The Kier molecular flexibility index (Phi) is 7.59. The highest BCUT2D eigenvalue weighted by atomic mass is 32.2. The van der Waals surface area contributed by atoms with Crippen LogP contribution in [0.5, 0.6) is 11.5 Å². The van der Waals surface area contributed by atoms with Crippen LogP contribution in [0.3, 0.4) is 0 Å². The van der Waals surface area contributed by atoms with Crippen LogP contribution in [0.2, 0.25) is 0 Å². The summed E-state index contributed by atoms with van der Waals surface area (Å²) < 4.78 is 12.8. The molecule has 0 atom stereocenters. The van der Waals surface area contributed by atoms with Crippen molar-refractivity contribution in [3.63, 3.8) is 0 Å². The van der Waals surface area contributed by atoms with Crippen molar-refractivity contribution in [2.24, 2.45) is 0 Å². The van der Waals surface area contributed by atoms with Crippen molar-refractivity contribution in [1.82, 2.24) is 0 Å². The highest BCUT2D eigenvalue weighted by Crippen LogP contribution is 2.42. The minimum atomic E-state index is 0.640. The summed E-state index contributed by atoms with van der Waals surface area (Å²) in [5.74, 6) is 3.65. The minimum Gasteiger partial charge on any atom is -0.491 e. The topological polar surface area (TPSA) is 18.5 Å². The summed E-state index contributed by atoms with van der Waals surface area (Å²) in [6.45, 7) is 1.28. The third kappa shape index (κ3) is 5.35. The molecule has 0 saturated heterocycles. The summed E-state index contributed by atoms with van der Waals surface area (Å²) >= 11 is 3.63. The number of hydrogen-bond donors (Lipinski definition) is 0. The van der Waals surface area contributed by atoms with Gasteiger partial charge in [-0.2, -0.15) is 0 Å². The van der Waals surface area contributed by atoms with Crippen LogP contribution < -0.4 is 9.47 Å². The van der Waals surface area contributed by atoms with Gasteiger partial charge in [-0.05, 0) is 24.3 Å². The highest BCUT2D eigenvalue weighted by Gasteiger charge is 2.15. The molecule has 0 saturated carbocycles. The van der Waals surface area contributed by atoms with Gasteiger partial charge < -0.3 is 9.47 Å². The minimum absolute atomic E-state index is 0.640. The average molecular weight is 483 g/mol. The zero-order valence-corrected chi connectivity index (χ0v) is 20.5. The van der Waals surface area contributed by atoms with Crippen LogP contribution in [-0.4, -0.2) is 24.7 Å². The van der Waals surface area contributed by atoms with E-state index in [4.69, 9.17) is 9.47 Å². The highest BCUT2D eigenvalue weighted by molar-refractivity contribution is 7.99. The monoisotopic (exact) mass is 482 g/mol. The molecule has 5 rings (SSSR count). The molecule has 2 nitrogen and oxygen atoms in total. The SMILES string of the molecule is c1ccc(SCCOc2c3ccccc3c(OCCSc3ccccc3)c3ccccc23)cc1. The Balaban J connectivity index is 1.36. The summed E-state index contributed by atoms with van der Waals surface area (Å²) in [6.07, 6.45) is 0. The lowest BCUT2D eigenvalue weighted by Gasteiger charge is -2.18. The zero-order valence-electron chi connectivity index (χ0n) is 18.9. The first-order valence-corrected chi connectivity index (χ1v) is 13.4. The Bertz CT molecular complexity index is 1190. The van der Waals surface area contributed by atoms with Crippen molar-refractivity contribution >= 4 is 45.1 Å². The molecule has 0 heterocycles. The summed E-state index contributed by atoms with van der Waals surface area (Å²) in [5.41, 5.74) is 0. The van der Waals surface area contributed by atoms with Crippen molar-refractivity contribution < 1.29 is 9.47 Å². The van der Waals surface area contributed by atoms with E-state index in [-0.39, 0.29) is 0 Å². The first-order valence-electron chi connectivity index (χ1n) is 11.4. The van der Waals surface area contributed by atoms with E-state index in [1.165, 1.54) is 9.79 Å². The van der Waals surface area contributed by atoms with E-state index >= 15 is 0 Å². The van der Waals surface area contributed by atoms with Gasteiger partial charge in [0, 0.05) is 42.8 Å². The molecule has 0 spiro atoms.